The van der Waals surface area contributed by atoms with Gasteiger partial charge < -0.3 is 5.32 Å². The summed E-state index contributed by atoms with van der Waals surface area (Å²) in [5.74, 6) is -0.924. The molecule has 0 spiro atoms. The van der Waals surface area contributed by atoms with Crippen molar-refractivity contribution in [3.8, 4) is 6.07 Å². The smallest absolute Gasteiger partial charge is 0.346 e. The molecule has 0 aromatic heterocycles. The number of hydrogen-bond donors (Lipinski definition) is 1. The predicted molar refractivity (Wildman–Crippen MR) is 38.5 cm³/mol. The first-order valence-electron chi connectivity index (χ1n) is 3.45. The molecule has 0 radical (unpaired) electrons. The highest BCUT2D eigenvalue weighted by molar-refractivity contribution is 5.84. The van der Waals surface area contributed by atoms with Gasteiger partial charge in [-0.15, -0.1) is 0 Å². The molecule has 0 heterocycles. The number of halogens is 3. The van der Waals surface area contributed by atoms with E-state index in [0.29, 0.717) is 0 Å². The lowest BCUT2D eigenvalue weighted by molar-refractivity contribution is -0.141. The average molecular weight is 194 g/mol. The third kappa shape index (κ3) is 4.35. The quantitative estimate of drug-likeness (QED) is 0.718. The molecule has 0 saturated heterocycles. The summed E-state index contributed by atoms with van der Waals surface area (Å²) in [6.45, 7) is 1.09. The summed E-state index contributed by atoms with van der Waals surface area (Å²) in [4.78, 5) is 10.9. The lowest BCUT2D eigenvalue weighted by Crippen LogP contribution is -2.41. The number of hydrogen-bond acceptors (Lipinski definition) is 2. The zero-order valence-corrected chi connectivity index (χ0v) is 7.20. The summed E-state index contributed by atoms with van der Waals surface area (Å²) >= 11 is 0. The van der Waals surface area contributed by atoms with Crippen LogP contribution >= 0.6 is 0 Å². The van der Waals surface area contributed by atoms with Crippen LogP contribution in [-0.2, 0) is 4.79 Å². The molecule has 0 bridgehead atoms. The van der Waals surface area contributed by atoms with Crippen LogP contribution in [0.25, 0.3) is 0 Å². The van der Waals surface area contributed by atoms with Crippen LogP contribution in [0.5, 0.6) is 0 Å². The van der Waals surface area contributed by atoms with E-state index in [1.807, 2.05) is 0 Å². The van der Waals surface area contributed by atoms with Crippen LogP contribution in [0, 0.1) is 16.7 Å². The van der Waals surface area contributed by atoms with Crippen LogP contribution < -0.4 is 5.32 Å². The van der Waals surface area contributed by atoms with Crippen LogP contribution in [0.15, 0.2) is 0 Å². The molecule has 0 aromatic rings. The summed E-state index contributed by atoms with van der Waals surface area (Å²) in [6, 6.07) is 1.60. The molecule has 13 heavy (non-hydrogen) atoms. The maximum Gasteiger partial charge on any atom is 0.405 e. The van der Waals surface area contributed by atoms with E-state index in [0.717, 1.165) is 0 Å². The first-order chi connectivity index (χ1) is 5.69. The molecule has 0 fully saturated rings. The monoisotopic (exact) mass is 194 g/mol. The molecule has 0 aromatic carbocycles. The van der Waals surface area contributed by atoms with Crippen molar-refractivity contribution in [2.45, 2.75) is 20.0 Å². The number of nitrogens with one attached hydrogen (secondary N) is 1. The molecule has 1 N–H and O–H groups in total. The number of nitriles is 1. The van der Waals surface area contributed by atoms with Crippen molar-refractivity contribution < 1.29 is 18.0 Å². The van der Waals surface area contributed by atoms with Gasteiger partial charge in [0.25, 0.3) is 0 Å². The number of carbonyl (C=O) groups excluding carboxylic acids is 1. The second-order valence-electron chi connectivity index (χ2n) is 3.03. The van der Waals surface area contributed by atoms with Gasteiger partial charge in [-0.1, -0.05) is 0 Å². The van der Waals surface area contributed by atoms with Crippen LogP contribution in [-0.4, -0.2) is 18.6 Å². The van der Waals surface area contributed by atoms with E-state index in [4.69, 9.17) is 5.26 Å². The molecule has 6 heteroatoms. The number of alkyl halides is 3. The van der Waals surface area contributed by atoms with Crippen molar-refractivity contribution in [1.29, 1.82) is 5.26 Å². The molecule has 0 aliphatic heterocycles. The van der Waals surface area contributed by atoms with Gasteiger partial charge >= 0.3 is 6.18 Å². The Morgan fingerprint density at radius 3 is 2.23 bits per heavy atom. The molecule has 1 amide bonds. The fourth-order valence-electron chi connectivity index (χ4n) is 0.452. The molecule has 0 atom stereocenters. The van der Waals surface area contributed by atoms with Crippen LogP contribution in [0.2, 0.25) is 0 Å². The number of nitrogens with zero attached hydrogens (tertiary/aromatic N) is 1. The van der Waals surface area contributed by atoms with Gasteiger partial charge in [0.05, 0.1) is 6.07 Å². The lowest BCUT2D eigenvalue weighted by atomic mass is 9.95. The van der Waals surface area contributed by atoms with E-state index in [1.54, 1.807) is 11.4 Å². The Balaban J connectivity index is 4.13. The first kappa shape index (κ1) is 11.8. The first-order valence-corrected chi connectivity index (χ1v) is 3.45. The van der Waals surface area contributed by atoms with E-state index in [9.17, 15) is 18.0 Å². The van der Waals surface area contributed by atoms with Gasteiger partial charge in [-0.25, -0.2) is 0 Å². The van der Waals surface area contributed by atoms with Crippen LogP contribution in [0.4, 0.5) is 13.2 Å². The highest BCUT2D eigenvalue weighted by Crippen LogP contribution is 2.16. The molecular formula is C7H9F3N2O. The zero-order valence-electron chi connectivity index (χ0n) is 7.20. The summed E-state index contributed by atoms with van der Waals surface area (Å²) in [5, 5.41) is 10.0. The Morgan fingerprint density at radius 1 is 1.46 bits per heavy atom. The third-order valence-corrected chi connectivity index (χ3v) is 1.30. The minimum absolute atomic E-state index is 0.924. The van der Waals surface area contributed by atoms with Gasteiger partial charge in [0, 0.05) is 0 Å². The molecule has 0 aliphatic rings. The maximum absolute atomic E-state index is 11.6. The fourth-order valence-corrected chi connectivity index (χ4v) is 0.452. The number of amides is 1. The van der Waals surface area contributed by atoms with Gasteiger partial charge in [0.2, 0.25) is 5.91 Å². The standard InChI is InChI=1S/C7H9F3N2O/c1-6(2,3-11)5(13)12-4-7(8,9)10/h4H2,1-2H3,(H,12,13). The minimum Gasteiger partial charge on any atom is -0.346 e. The highest BCUT2D eigenvalue weighted by Gasteiger charge is 2.32. The summed E-state index contributed by atoms with van der Waals surface area (Å²) in [7, 11) is 0. The number of carbonyl (C=O) groups is 1. The Morgan fingerprint density at radius 2 is 1.92 bits per heavy atom. The van der Waals surface area contributed by atoms with Crippen molar-refractivity contribution in [1.82, 2.24) is 5.32 Å². The lowest BCUT2D eigenvalue weighted by Gasteiger charge is -2.15. The summed E-state index contributed by atoms with van der Waals surface area (Å²) in [6.07, 6.45) is -4.44. The van der Waals surface area contributed by atoms with Crippen molar-refractivity contribution in [3.05, 3.63) is 0 Å². The third-order valence-electron chi connectivity index (χ3n) is 1.30. The SMILES string of the molecule is CC(C)(C#N)C(=O)NCC(F)(F)F. The Labute approximate surface area is 73.5 Å². The second kappa shape index (κ2) is 3.64. The predicted octanol–water partition coefficient (Wildman–Crippen LogP) is 1.21. The second-order valence-corrected chi connectivity index (χ2v) is 3.03. The van der Waals surface area contributed by atoms with E-state index in [-0.39, 0.29) is 0 Å². The van der Waals surface area contributed by atoms with Crippen molar-refractivity contribution in [3.63, 3.8) is 0 Å². The Hall–Kier alpha value is -1.25. The molecule has 3 nitrogen and oxygen atoms in total. The van der Waals surface area contributed by atoms with Gasteiger partial charge in [0.1, 0.15) is 12.0 Å². The molecule has 0 rings (SSSR count). The van der Waals surface area contributed by atoms with Gasteiger partial charge in [-0.3, -0.25) is 4.79 Å². The van der Waals surface area contributed by atoms with Gasteiger partial charge in [0.15, 0.2) is 0 Å². The van der Waals surface area contributed by atoms with Crippen molar-refractivity contribution >= 4 is 5.91 Å². The zero-order chi connectivity index (χ0) is 10.7. The van der Waals surface area contributed by atoms with Crippen molar-refractivity contribution in [2.24, 2.45) is 5.41 Å². The van der Waals surface area contributed by atoms with E-state index < -0.39 is 24.0 Å². The largest absolute Gasteiger partial charge is 0.405 e. The molecule has 0 aliphatic carbocycles. The van der Waals surface area contributed by atoms with Crippen LogP contribution in [0.3, 0.4) is 0 Å². The molecular weight excluding hydrogens is 185 g/mol. The van der Waals surface area contributed by atoms with Crippen molar-refractivity contribution in [2.75, 3.05) is 6.54 Å². The molecule has 0 saturated carbocycles. The number of rotatable bonds is 2. The fraction of sp³-hybridized carbons (Fsp3) is 0.714. The summed E-state index contributed by atoms with van der Waals surface area (Å²) < 4.78 is 34.8. The minimum atomic E-state index is -4.44. The van der Waals surface area contributed by atoms with E-state index in [1.165, 1.54) is 13.8 Å². The molecule has 74 valence electrons. The normalized spacial score (nSPS) is 12.0. The Kier molecular flexibility index (Phi) is 3.29. The molecule has 0 unspecified atom stereocenters. The topological polar surface area (TPSA) is 52.9 Å². The van der Waals surface area contributed by atoms with Gasteiger partial charge in [-0.2, -0.15) is 18.4 Å². The van der Waals surface area contributed by atoms with Crippen LogP contribution in [0.1, 0.15) is 13.8 Å². The average Bonchev–Trinajstić information content (AvgIpc) is 1.98. The highest BCUT2D eigenvalue weighted by atomic mass is 19.4. The summed E-state index contributed by atoms with van der Waals surface area (Å²) in [5.41, 5.74) is -1.43. The van der Waals surface area contributed by atoms with E-state index >= 15 is 0 Å². The van der Waals surface area contributed by atoms with E-state index in [2.05, 4.69) is 0 Å². The van der Waals surface area contributed by atoms with Gasteiger partial charge in [-0.05, 0) is 13.8 Å². The maximum atomic E-state index is 11.6. The Bertz CT molecular complexity index is 239.